The summed E-state index contributed by atoms with van der Waals surface area (Å²) >= 11 is 0. The Morgan fingerprint density at radius 3 is 2.57 bits per heavy atom. The minimum Gasteiger partial charge on any atom is -0.328 e. The zero-order valence-electron chi connectivity index (χ0n) is 4.42. The Morgan fingerprint density at radius 2 is 2.43 bits per heavy atom. The van der Waals surface area contributed by atoms with Crippen LogP contribution in [0.3, 0.4) is 0 Å². The van der Waals surface area contributed by atoms with Gasteiger partial charge in [-0.2, -0.15) is 0 Å². The van der Waals surface area contributed by atoms with Crippen molar-refractivity contribution in [3.05, 3.63) is 0 Å². The van der Waals surface area contributed by atoms with Gasteiger partial charge in [0.05, 0.1) is 6.61 Å². The fraction of sp³-hybridized carbons (Fsp3) is 1.00. The van der Waals surface area contributed by atoms with E-state index in [1.54, 1.807) is 0 Å². The van der Waals surface area contributed by atoms with Crippen LogP contribution in [0.4, 0.5) is 0 Å². The molecular formula is C4H11NO2. The zero-order chi connectivity index (χ0) is 5.70. The quantitative estimate of drug-likeness (QED) is 0.398. The molecule has 0 aliphatic carbocycles. The van der Waals surface area contributed by atoms with Gasteiger partial charge in [0, 0.05) is 6.04 Å². The van der Waals surface area contributed by atoms with E-state index in [2.05, 4.69) is 4.89 Å². The predicted molar refractivity (Wildman–Crippen MR) is 26.8 cm³/mol. The Morgan fingerprint density at radius 1 is 1.86 bits per heavy atom. The summed E-state index contributed by atoms with van der Waals surface area (Å²) in [6.07, 6.45) is 0.705. The van der Waals surface area contributed by atoms with Gasteiger partial charge in [0.1, 0.15) is 0 Å². The average molecular weight is 105 g/mol. The van der Waals surface area contributed by atoms with Crippen LogP contribution in [-0.2, 0) is 4.89 Å². The molecule has 0 fully saturated rings. The summed E-state index contributed by atoms with van der Waals surface area (Å²) in [7, 11) is 0. The number of nitrogens with two attached hydrogens (primary N) is 1. The minimum atomic E-state index is 0.118. The smallest absolute Gasteiger partial charge is 0.0834 e. The lowest BCUT2D eigenvalue weighted by Gasteiger charge is -1.98. The van der Waals surface area contributed by atoms with Gasteiger partial charge in [-0.15, -0.1) is 0 Å². The molecule has 0 saturated heterocycles. The maximum atomic E-state index is 7.76. The van der Waals surface area contributed by atoms with E-state index in [0.29, 0.717) is 13.0 Å². The van der Waals surface area contributed by atoms with Crippen molar-refractivity contribution in [3.63, 3.8) is 0 Å². The van der Waals surface area contributed by atoms with E-state index in [1.807, 2.05) is 6.92 Å². The number of hydrogen-bond acceptors (Lipinski definition) is 3. The van der Waals surface area contributed by atoms with E-state index in [9.17, 15) is 0 Å². The average Bonchev–Trinajstić information content (AvgIpc) is 1.61. The summed E-state index contributed by atoms with van der Waals surface area (Å²) in [6.45, 7) is 2.19. The molecule has 0 saturated carbocycles. The number of hydrogen-bond donors (Lipinski definition) is 2. The Kier molecular flexibility index (Phi) is 3.98. The molecule has 1 atom stereocenters. The molecule has 0 heterocycles. The normalized spacial score (nSPS) is 14.1. The van der Waals surface area contributed by atoms with Crippen molar-refractivity contribution in [3.8, 4) is 0 Å². The van der Waals surface area contributed by atoms with Gasteiger partial charge in [0.15, 0.2) is 0 Å². The van der Waals surface area contributed by atoms with Crippen LogP contribution >= 0.6 is 0 Å². The third kappa shape index (κ3) is 5.88. The molecule has 3 nitrogen and oxygen atoms in total. The fourth-order valence-electron chi connectivity index (χ4n) is 0.239. The summed E-state index contributed by atoms with van der Waals surface area (Å²) < 4.78 is 0. The third-order valence-corrected chi connectivity index (χ3v) is 0.664. The first-order chi connectivity index (χ1) is 3.27. The van der Waals surface area contributed by atoms with E-state index in [4.69, 9.17) is 11.0 Å². The molecule has 0 aromatic rings. The van der Waals surface area contributed by atoms with Gasteiger partial charge in [0.2, 0.25) is 0 Å². The van der Waals surface area contributed by atoms with Crippen LogP contribution in [0.25, 0.3) is 0 Å². The number of rotatable bonds is 3. The zero-order valence-corrected chi connectivity index (χ0v) is 4.42. The molecule has 1 unspecified atom stereocenters. The highest BCUT2D eigenvalue weighted by molar-refractivity contribution is 4.48. The predicted octanol–water partition coefficient (Wildman–Crippen LogP) is 0.213. The molecule has 0 aromatic carbocycles. The Hall–Kier alpha value is -0.120. The summed E-state index contributed by atoms with van der Waals surface area (Å²) in [6, 6.07) is 0.118. The minimum absolute atomic E-state index is 0.118. The summed E-state index contributed by atoms with van der Waals surface area (Å²) in [5.41, 5.74) is 5.29. The molecule has 7 heavy (non-hydrogen) atoms. The highest BCUT2D eigenvalue weighted by Gasteiger charge is 1.90. The standard InChI is InChI=1S/C4H11NO2/c1-4(5)2-3-7-6/h4,6H,2-3,5H2,1H3. The van der Waals surface area contributed by atoms with Gasteiger partial charge in [-0.05, 0) is 13.3 Å². The summed E-state index contributed by atoms with van der Waals surface area (Å²) in [5.74, 6) is 0. The van der Waals surface area contributed by atoms with Crippen molar-refractivity contribution in [2.24, 2.45) is 5.73 Å². The van der Waals surface area contributed by atoms with Crippen LogP contribution in [0.2, 0.25) is 0 Å². The first-order valence-electron chi connectivity index (χ1n) is 2.29. The highest BCUT2D eigenvalue weighted by atomic mass is 17.1. The van der Waals surface area contributed by atoms with Crippen LogP contribution < -0.4 is 5.73 Å². The molecule has 0 aliphatic rings. The van der Waals surface area contributed by atoms with Gasteiger partial charge in [-0.1, -0.05) is 0 Å². The van der Waals surface area contributed by atoms with E-state index in [0.717, 1.165) is 0 Å². The van der Waals surface area contributed by atoms with Crippen molar-refractivity contribution in [1.82, 2.24) is 0 Å². The second-order valence-corrected chi connectivity index (χ2v) is 1.60. The maximum absolute atomic E-state index is 7.76. The van der Waals surface area contributed by atoms with Crippen molar-refractivity contribution in [1.29, 1.82) is 0 Å². The molecule has 0 amide bonds. The molecule has 0 rings (SSSR count). The molecule has 0 aliphatic heterocycles. The molecule has 3 N–H and O–H groups in total. The lowest BCUT2D eigenvalue weighted by Crippen LogP contribution is -2.16. The topological polar surface area (TPSA) is 55.5 Å². The Balaban J connectivity index is 2.68. The Labute approximate surface area is 43.0 Å². The van der Waals surface area contributed by atoms with E-state index >= 15 is 0 Å². The monoisotopic (exact) mass is 105 g/mol. The van der Waals surface area contributed by atoms with E-state index in [-0.39, 0.29) is 6.04 Å². The van der Waals surface area contributed by atoms with Crippen molar-refractivity contribution in [2.45, 2.75) is 19.4 Å². The molecule has 0 spiro atoms. The highest BCUT2D eigenvalue weighted by Crippen LogP contribution is 1.83. The lowest BCUT2D eigenvalue weighted by molar-refractivity contribution is -0.243. The molecule has 0 bridgehead atoms. The largest absolute Gasteiger partial charge is 0.328 e. The SMILES string of the molecule is CC(N)CCOO. The maximum Gasteiger partial charge on any atom is 0.0834 e. The van der Waals surface area contributed by atoms with Crippen molar-refractivity contribution >= 4 is 0 Å². The third-order valence-electron chi connectivity index (χ3n) is 0.664. The molecule has 44 valence electrons. The fourth-order valence-corrected chi connectivity index (χ4v) is 0.239. The van der Waals surface area contributed by atoms with Crippen molar-refractivity contribution < 1.29 is 10.1 Å². The van der Waals surface area contributed by atoms with E-state index < -0.39 is 0 Å². The van der Waals surface area contributed by atoms with Crippen LogP contribution in [0.15, 0.2) is 0 Å². The first kappa shape index (κ1) is 6.88. The lowest BCUT2D eigenvalue weighted by atomic mass is 10.3. The summed E-state index contributed by atoms with van der Waals surface area (Å²) in [5, 5.41) is 7.76. The second-order valence-electron chi connectivity index (χ2n) is 1.60. The van der Waals surface area contributed by atoms with Crippen LogP contribution in [0, 0.1) is 0 Å². The van der Waals surface area contributed by atoms with Crippen LogP contribution in [0.1, 0.15) is 13.3 Å². The molecular weight excluding hydrogens is 94.0 g/mol. The van der Waals surface area contributed by atoms with Crippen LogP contribution in [0.5, 0.6) is 0 Å². The molecule has 0 aromatic heterocycles. The van der Waals surface area contributed by atoms with E-state index in [1.165, 1.54) is 0 Å². The van der Waals surface area contributed by atoms with Gasteiger partial charge >= 0.3 is 0 Å². The van der Waals surface area contributed by atoms with Gasteiger partial charge in [0.25, 0.3) is 0 Å². The van der Waals surface area contributed by atoms with Gasteiger partial charge < -0.3 is 5.73 Å². The molecule has 0 radical (unpaired) electrons. The van der Waals surface area contributed by atoms with Crippen molar-refractivity contribution in [2.75, 3.05) is 6.61 Å². The Bertz CT molecular complexity index is 38.7. The summed E-state index contributed by atoms with van der Waals surface area (Å²) in [4.78, 5) is 3.77. The van der Waals surface area contributed by atoms with Crippen LogP contribution in [-0.4, -0.2) is 17.9 Å². The molecule has 3 heteroatoms. The second kappa shape index (κ2) is 4.05. The van der Waals surface area contributed by atoms with Gasteiger partial charge in [-0.25, -0.2) is 4.89 Å². The first-order valence-corrected chi connectivity index (χ1v) is 2.29. The van der Waals surface area contributed by atoms with Gasteiger partial charge in [-0.3, -0.25) is 5.26 Å².